The lowest BCUT2D eigenvalue weighted by molar-refractivity contribution is -0.135. The van der Waals surface area contributed by atoms with Crippen LogP contribution in [0.25, 0.3) is 0 Å². The number of carbonyl (C=O) groups excluding carboxylic acids is 3. The summed E-state index contributed by atoms with van der Waals surface area (Å²) in [6.45, 7) is 1.40. The lowest BCUT2D eigenvalue weighted by atomic mass is 9.96. The van der Waals surface area contributed by atoms with Crippen LogP contribution >= 0.6 is 0 Å². The minimum Gasteiger partial charge on any atom is -0.497 e. The zero-order valence-corrected chi connectivity index (χ0v) is 18.4. The molecule has 2 aliphatic rings. The van der Waals surface area contributed by atoms with Crippen LogP contribution in [0, 0.1) is 5.92 Å². The number of rotatable bonds is 8. The van der Waals surface area contributed by atoms with Crippen molar-refractivity contribution in [2.45, 2.75) is 31.3 Å². The molecule has 1 aliphatic heterocycles. The Morgan fingerprint density at radius 2 is 1.53 bits per heavy atom. The van der Waals surface area contributed by atoms with Crippen molar-refractivity contribution >= 4 is 17.8 Å². The zero-order chi connectivity index (χ0) is 22.9. The van der Waals surface area contributed by atoms with Gasteiger partial charge in [-0.1, -0.05) is 24.3 Å². The van der Waals surface area contributed by atoms with Crippen LogP contribution in [0.3, 0.4) is 0 Å². The van der Waals surface area contributed by atoms with Gasteiger partial charge in [-0.3, -0.25) is 14.5 Å². The Morgan fingerprint density at radius 3 is 1.97 bits per heavy atom. The van der Waals surface area contributed by atoms with Crippen molar-refractivity contribution in [3.63, 3.8) is 0 Å². The predicted octanol–water partition coefficient (Wildman–Crippen LogP) is 2.63. The second-order valence-electron chi connectivity index (χ2n) is 8.34. The Morgan fingerprint density at radius 1 is 1.03 bits per heavy atom. The van der Waals surface area contributed by atoms with E-state index in [0.717, 1.165) is 28.9 Å². The first-order valence-electron chi connectivity index (χ1n) is 10.6. The van der Waals surface area contributed by atoms with E-state index >= 15 is 0 Å². The maximum absolute atomic E-state index is 13.0. The third-order valence-corrected chi connectivity index (χ3v) is 6.20. The molecule has 168 valence electrons. The van der Waals surface area contributed by atoms with Gasteiger partial charge in [0.1, 0.15) is 23.6 Å². The molecular weight excluding hydrogens is 410 g/mol. The van der Waals surface area contributed by atoms with Crippen LogP contribution in [0.4, 0.5) is 4.79 Å². The average Bonchev–Trinajstić information content (AvgIpc) is 3.64. The largest absolute Gasteiger partial charge is 0.497 e. The number of imide groups is 1. The van der Waals surface area contributed by atoms with E-state index < -0.39 is 23.5 Å². The summed E-state index contributed by atoms with van der Waals surface area (Å²) in [7, 11) is 3.18. The normalized spacial score (nSPS) is 20.3. The fraction of sp³-hybridized carbons (Fsp3) is 0.375. The third-order valence-electron chi connectivity index (χ3n) is 6.20. The van der Waals surface area contributed by atoms with E-state index in [1.807, 2.05) is 48.5 Å². The molecule has 2 fully saturated rings. The van der Waals surface area contributed by atoms with Crippen LogP contribution < -0.4 is 20.1 Å². The quantitative estimate of drug-likeness (QED) is 0.619. The second-order valence-corrected chi connectivity index (χ2v) is 8.34. The lowest BCUT2D eigenvalue weighted by Crippen LogP contribution is -2.47. The highest BCUT2D eigenvalue weighted by Crippen LogP contribution is 2.42. The summed E-state index contributed by atoms with van der Waals surface area (Å²) in [5.41, 5.74) is 0.761. The van der Waals surface area contributed by atoms with Crippen LogP contribution in [-0.4, -0.2) is 49.0 Å². The summed E-state index contributed by atoms with van der Waals surface area (Å²) in [5, 5.41) is 5.74. The van der Waals surface area contributed by atoms with Crippen LogP contribution in [0.1, 0.15) is 36.9 Å². The van der Waals surface area contributed by atoms with Gasteiger partial charge in [0.15, 0.2) is 0 Å². The summed E-state index contributed by atoms with van der Waals surface area (Å²) in [6.07, 6.45) is 1.80. The van der Waals surface area contributed by atoms with Gasteiger partial charge in [-0.2, -0.15) is 0 Å². The molecule has 4 rings (SSSR count). The zero-order valence-electron chi connectivity index (χ0n) is 18.4. The monoisotopic (exact) mass is 437 g/mol. The number of nitrogens with one attached hydrogen (secondary N) is 2. The molecule has 0 aromatic heterocycles. The number of benzene rings is 2. The lowest BCUT2D eigenvalue weighted by Gasteiger charge is -2.23. The molecule has 0 bridgehead atoms. The number of nitrogens with zero attached hydrogens (tertiary/aromatic N) is 1. The number of ether oxygens (including phenoxy) is 2. The van der Waals surface area contributed by atoms with Crippen LogP contribution in [0.2, 0.25) is 0 Å². The van der Waals surface area contributed by atoms with Gasteiger partial charge in [0.25, 0.3) is 5.91 Å². The van der Waals surface area contributed by atoms with Gasteiger partial charge >= 0.3 is 6.03 Å². The van der Waals surface area contributed by atoms with Gasteiger partial charge in [-0.15, -0.1) is 0 Å². The second kappa shape index (κ2) is 8.53. The summed E-state index contributed by atoms with van der Waals surface area (Å²) in [5.74, 6) is 0.772. The van der Waals surface area contributed by atoms with Crippen LogP contribution in [0.15, 0.2) is 48.5 Å². The predicted molar refractivity (Wildman–Crippen MR) is 117 cm³/mol. The van der Waals surface area contributed by atoms with E-state index in [0.29, 0.717) is 11.5 Å². The molecule has 2 aromatic rings. The van der Waals surface area contributed by atoms with Gasteiger partial charge in [-0.25, -0.2) is 4.79 Å². The Balaban J connectivity index is 1.54. The molecule has 8 heteroatoms. The van der Waals surface area contributed by atoms with Crippen molar-refractivity contribution in [3.05, 3.63) is 59.7 Å². The number of hydrogen-bond acceptors (Lipinski definition) is 5. The van der Waals surface area contributed by atoms with Crippen molar-refractivity contribution in [1.82, 2.24) is 15.5 Å². The summed E-state index contributed by atoms with van der Waals surface area (Å²) in [4.78, 5) is 39.2. The molecule has 1 heterocycles. The van der Waals surface area contributed by atoms with Crippen LogP contribution in [0.5, 0.6) is 11.5 Å². The minimum atomic E-state index is -0.914. The molecule has 4 amide bonds. The van der Waals surface area contributed by atoms with Gasteiger partial charge in [-0.05, 0) is 61.1 Å². The first kappa shape index (κ1) is 21.7. The van der Waals surface area contributed by atoms with Crippen molar-refractivity contribution in [1.29, 1.82) is 0 Å². The molecule has 32 heavy (non-hydrogen) atoms. The Bertz CT molecular complexity index is 969. The average molecular weight is 437 g/mol. The highest BCUT2D eigenvalue weighted by Gasteiger charge is 2.56. The van der Waals surface area contributed by atoms with E-state index in [1.54, 1.807) is 21.1 Å². The van der Waals surface area contributed by atoms with Crippen molar-refractivity contribution in [3.8, 4) is 11.5 Å². The van der Waals surface area contributed by atoms with Gasteiger partial charge in [0.05, 0.1) is 20.3 Å². The molecular formula is C24H27N3O5. The molecule has 0 unspecified atom stereocenters. The molecule has 8 nitrogen and oxygen atoms in total. The van der Waals surface area contributed by atoms with E-state index in [2.05, 4.69) is 10.6 Å². The molecule has 1 atom stereocenters. The summed E-state index contributed by atoms with van der Waals surface area (Å²) in [6, 6.07) is 13.7. The van der Waals surface area contributed by atoms with Crippen molar-refractivity contribution < 1.29 is 23.9 Å². The van der Waals surface area contributed by atoms with Gasteiger partial charge in [0.2, 0.25) is 5.91 Å². The number of carbonyl (C=O) groups is 3. The Kier molecular flexibility index (Phi) is 5.78. The molecule has 1 aliphatic carbocycles. The third kappa shape index (κ3) is 4.12. The highest BCUT2D eigenvalue weighted by molar-refractivity contribution is 6.09. The first-order valence-corrected chi connectivity index (χ1v) is 10.6. The number of urea groups is 1. The molecule has 1 saturated heterocycles. The summed E-state index contributed by atoms with van der Waals surface area (Å²) >= 11 is 0. The molecule has 0 spiro atoms. The Hall–Kier alpha value is -3.55. The van der Waals surface area contributed by atoms with Crippen LogP contribution in [-0.2, 0) is 9.59 Å². The number of amides is 4. The standard InChI is InChI=1S/C24H27N3O5/c1-24(17-8-9-17)22(29)27(23(30)26-24)14-20(28)25-21(15-4-10-18(31-2)11-5-15)16-6-12-19(32-3)13-7-16/h4-7,10-13,17,21H,8-9,14H2,1-3H3,(H,25,28)(H,26,30)/t24-/m1/s1. The fourth-order valence-electron chi connectivity index (χ4n) is 4.10. The molecule has 2 aromatic carbocycles. The topological polar surface area (TPSA) is 97.0 Å². The molecule has 0 radical (unpaired) electrons. The molecule has 2 N–H and O–H groups in total. The van der Waals surface area contributed by atoms with Crippen molar-refractivity contribution in [2.75, 3.05) is 20.8 Å². The number of hydrogen-bond donors (Lipinski definition) is 2. The SMILES string of the molecule is COc1ccc(C(NC(=O)CN2C(=O)N[C@](C)(C3CC3)C2=O)c2ccc(OC)cc2)cc1. The van der Waals surface area contributed by atoms with E-state index in [-0.39, 0.29) is 18.4 Å². The summed E-state index contributed by atoms with van der Waals surface area (Å²) < 4.78 is 10.5. The number of methoxy groups -OCH3 is 2. The van der Waals surface area contributed by atoms with E-state index in [4.69, 9.17) is 9.47 Å². The van der Waals surface area contributed by atoms with Crippen molar-refractivity contribution in [2.24, 2.45) is 5.92 Å². The van der Waals surface area contributed by atoms with E-state index in [1.165, 1.54) is 0 Å². The minimum absolute atomic E-state index is 0.137. The maximum Gasteiger partial charge on any atom is 0.325 e. The van der Waals surface area contributed by atoms with E-state index in [9.17, 15) is 14.4 Å². The molecule has 1 saturated carbocycles. The first-order chi connectivity index (χ1) is 15.4. The fourth-order valence-corrected chi connectivity index (χ4v) is 4.10. The smallest absolute Gasteiger partial charge is 0.325 e. The maximum atomic E-state index is 13.0. The van der Waals surface area contributed by atoms with Gasteiger partial charge in [0, 0.05) is 0 Å². The highest BCUT2D eigenvalue weighted by atomic mass is 16.5. The van der Waals surface area contributed by atoms with Gasteiger partial charge < -0.3 is 20.1 Å². The Labute approximate surface area is 186 Å².